The van der Waals surface area contributed by atoms with Gasteiger partial charge >= 0.3 is 0 Å². The molecular weight excluding hydrogens is 243 g/mol. The van der Waals surface area contributed by atoms with Crippen molar-refractivity contribution >= 4 is 0 Å². The summed E-state index contributed by atoms with van der Waals surface area (Å²) in [6.45, 7) is 1.44. The lowest BCUT2D eigenvalue weighted by Gasteiger charge is -2.07. The zero-order chi connectivity index (χ0) is 13.5. The molecule has 2 rings (SSSR count). The molecule has 0 saturated heterocycles. The van der Waals surface area contributed by atoms with Crippen LogP contribution < -0.4 is 10.1 Å². The fourth-order valence-electron chi connectivity index (χ4n) is 1.82. The Morgan fingerprint density at radius 2 is 2.16 bits per heavy atom. The molecule has 0 fully saturated rings. The van der Waals surface area contributed by atoms with Crippen LogP contribution >= 0.6 is 0 Å². The van der Waals surface area contributed by atoms with E-state index in [1.165, 1.54) is 13.2 Å². The molecule has 100 valence electrons. The zero-order valence-electron chi connectivity index (χ0n) is 10.9. The van der Waals surface area contributed by atoms with Crippen LogP contribution in [0.4, 0.5) is 4.39 Å². The second-order valence-corrected chi connectivity index (χ2v) is 4.22. The number of halogens is 1. The molecule has 1 aromatic carbocycles. The third-order valence-corrected chi connectivity index (χ3v) is 2.83. The number of nitrogens with one attached hydrogen (secondary N) is 1. The van der Waals surface area contributed by atoms with E-state index >= 15 is 0 Å². The molecule has 19 heavy (non-hydrogen) atoms. The Morgan fingerprint density at radius 1 is 1.26 bits per heavy atom. The van der Waals surface area contributed by atoms with Gasteiger partial charge in [-0.3, -0.25) is 4.98 Å². The first kappa shape index (κ1) is 13.5. The van der Waals surface area contributed by atoms with Crippen molar-refractivity contribution in [2.75, 3.05) is 13.7 Å². The van der Waals surface area contributed by atoms with Gasteiger partial charge in [0, 0.05) is 31.4 Å². The van der Waals surface area contributed by atoms with Crippen LogP contribution in [0.1, 0.15) is 11.3 Å². The topological polar surface area (TPSA) is 34.1 Å². The first-order chi connectivity index (χ1) is 9.29. The lowest BCUT2D eigenvalue weighted by Crippen LogP contribution is -2.17. The van der Waals surface area contributed by atoms with Gasteiger partial charge in [0.25, 0.3) is 0 Å². The van der Waals surface area contributed by atoms with Gasteiger partial charge in [-0.05, 0) is 29.8 Å². The second kappa shape index (κ2) is 6.85. The predicted octanol–water partition coefficient (Wildman–Crippen LogP) is 2.56. The molecule has 0 amide bonds. The van der Waals surface area contributed by atoms with Crippen LogP contribution in [0.5, 0.6) is 5.75 Å². The molecule has 1 heterocycles. The van der Waals surface area contributed by atoms with Gasteiger partial charge in [0.15, 0.2) is 11.6 Å². The van der Waals surface area contributed by atoms with Crippen LogP contribution in [0.2, 0.25) is 0 Å². The summed E-state index contributed by atoms with van der Waals surface area (Å²) in [7, 11) is 1.46. The van der Waals surface area contributed by atoms with Crippen LogP contribution in [0.3, 0.4) is 0 Å². The molecule has 1 N–H and O–H groups in total. The Morgan fingerprint density at radius 3 is 2.84 bits per heavy atom. The third kappa shape index (κ3) is 4.03. The van der Waals surface area contributed by atoms with Crippen molar-refractivity contribution in [3.8, 4) is 5.75 Å². The number of pyridine rings is 1. The third-order valence-electron chi connectivity index (χ3n) is 2.83. The number of hydrogen-bond acceptors (Lipinski definition) is 3. The second-order valence-electron chi connectivity index (χ2n) is 4.22. The average molecular weight is 260 g/mol. The highest BCUT2D eigenvalue weighted by molar-refractivity contribution is 5.29. The lowest BCUT2D eigenvalue weighted by atomic mass is 10.2. The Kier molecular flexibility index (Phi) is 4.86. The van der Waals surface area contributed by atoms with Crippen molar-refractivity contribution in [2.45, 2.75) is 13.0 Å². The highest BCUT2D eigenvalue weighted by Crippen LogP contribution is 2.17. The molecule has 0 atom stereocenters. The highest BCUT2D eigenvalue weighted by Gasteiger charge is 2.03. The molecule has 0 bridgehead atoms. The molecule has 0 unspecified atom stereocenters. The first-order valence-corrected chi connectivity index (χ1v) is 6.22. The van der Waals surface area contributed by atoms with Crippen LogP contribution in [0.25, 0.3) is 0 Å². The fraction of sp³-hybridized carbons (Fsp3) is 0.267. The van der Waals surface area contributed by atoms with Crippen molar-refractivity contribution in [1.29, 1.82) is 0 Å². The average Bonchev–Trinajstić information content (AvgIpc) is 2.45. The summed E-state index contributed by atoms with van der Waals surface area (Å²) >= 11 is 0. The summed E-state index contributed by atoms with van der Waals surface area (Å²) in [6.07, 6.45) is 2.65. The molecule has 0 aliphatic carbocycles. The van der Waals surface area contributed by atoms with E-state index in [0.717, 1.165) is 24.2 Å². The van der Waals surface area contributed by atoms with Gasteiger partial charge in [-0.2, -0.15) is 0 Å². The van der Waals surface area contributed by atoms with Crippen LogP contribution in [0, 0.1) is 5.82 Å². The number of rotatable bonds is 6. The zero-order valence-corrected chi connectivity index (χ0v) is 10.9. The van der Waals surface area contributed by atoms with E-state index in [1.54, 1.807) is 12.3 Å². The first-order valence-electron chi connectivity index (χ1n) is 6.22. The summed E-state index contributed by atoms with van der Waals surface area (Å²) in [4.78, 5) is 4.24. The lowest BCUT2D eigenvalue weighted by molar-refractivity contribution is 0.386. The van der Waals surface area contributed by atoms with Crippen molar-refractivity contribution in [1.82, 2.24) is 10.3 Å². The molecule has 2 aromatic rings. The van der Waals surface area contributed by atoms with Crippen LogP contribution in [-0.2, 0) is 13.0 Å². The van der Waals surface area contributed by atoms with E-state index in [1.807, 2.05) is 24.3 Å². The summed E-state index contributed by atoms with van der Waals surface area (Å²) in [5.41, 5.74) is 1.95. The predicted molar refractivity (Wildman–Crippen MR) is 72.6 cm³/mol. The van der Waals surface area contributed by atoms with E-state index in [2.05, 4.69) is 10.3 Å². The number of hydrogen-bond donors (Lipinski definition) is 1. The van der Waals surface area contributed by atoms with Crippen molar-refractivity contribution in [2.24, 2.45) is 0 Å². The summed E-state index contributed by atoms with van der Waals surface area (Å²) in [5.74, 6) is -0.0521. The van der Waals surface area contributed by atoms with Gasteiger partial charge in [-0.1, -0.05) is 12.1 Å². The van der Waals surface area contributed by atoms with E-state index in [9.17, 15) is 4.39 Å². The van der Waals surface area contributed by atoms with Gasteiger partial charge < -0.3 is 10.1 Å². The minimum Gasteiger partial charge on any atom is -0.494 e. The van der Waals surface area contributed by atoms with Gasteiger partial charge in [-0.15, -0.1) is 0 Å². The number of methoxy groups -OCH3 is 1. The number of nitrogens with zero attached hydrogens (tertiary/aromatic N) is 1. The summed E-state index contributed by atoms with van der Waals surface area (Å²) in [5, 5.41) is 3.27. The van der Waals surface area contributed by atoms with Crippen LogP contribution in [-0.4, -0.2) is 18.6 Å². The number of ether oxygens (including phenoxy) is 1. The van der Waals surface area contributed by atoms with Crippen molar-refractivity contribution < 1.29 is 9.13 Å². The molecular formula is C15H17FN2O. The highest BCUT2D eigenvalue weighted by atomic mass is 19.1. The quantitative estimate of drug-likeness (QED) is 0.811. The number of benzene rings is 1. The Hall–Kier alpha value is -1.94. The van der Waals surface area contributed by atoms with Crippen molar-refractivity contribution in [3.63, 3.8) is 0 Å². The Balaban J connectivity index is 1.78. The maximum atomic E-state index is 13.5. The maximum absolute atomic E-state index is 13.5. The number of aromatic nitrogens is 1. The molecule has 3 nitrogen and oxygen atoms in total. The van der Waals surface area contributed by atoms with Crippen molar-refractivity contribution in [3.05, 3.63) is 59.7 Å². The smallest absolute Gasteiger partial charge is 0.165 e. The monoisotopic (exact) mass is 260 g/mol. The molecule has 0 saturated carbocycles. The normalized spacial score (nSPS) is 10.4. The van der Waals surface area contributed by atoms with Gasteiger partial charge in [0.2, 0.25) is 0 Å². The summed E-state index contributed by atoms with van der Waals surface area (Å²) in [6, 6.07) is 10.9. The van der Waals surface area contributed by atoms with Gasteiger partial charge in [0.05, 0.1) is 7.11 Å². The van der Waals surface area contributed by atoms with Crippen LogP contribution in [0.15, 0.2) is 42.6 Å². The Labute approximate surface area is 112 Å². The van der Waals surface area contributed by atoms with Gasteiger partial charge in [-0.25, -0.2) is 4.39 Å². The fourth-order valence-corrected chi connectivity index (χ4v) is 1.82. The molecule has 0 aliphatic heterocycles. The van der Waals surface area contributed by atoms with E-state index in [0.29, 0.717) is 6.54 Å². The van der Waals surface area contributed by atoms with Gasteiger partial charge in [0.1, 0.15) is 0 Å². The molecule has 0 spiro atoms. The largest absolute Gasteiger partial charge is 0.494 e. The van der Waals surface area contributed by atoms with E-state index in [-0.39, 0.29) is 11.6 Å². The van der Waals surface area contributed by atoms with E-state index in [4.69, 9.17) is 4.74 Å². The summed E-state index contributed by atoms with van der Waals surface area (Å²) < 4.78 is 18.3. The maximum Gasteiger partial charge on any atom is 0.165 e. The minimum atomic E-state index is -0.327. The van der Waals surface area contributed by atoms with E-state index < -0.39 is 0 Å². The molecule has 4 heteroatoms. The Bertz CT molecular complexity index is 517. The minimum absolute atomic E-state index is 0.275. The standard InChI is InChI=1S/C15H17FN2O/c1-19-15-6-5-12(10-14(15)16)11-17-9-7-13-4-2-3-8-18-13/h2-6,8,10,17H,7,9,11H2,1H3. The SMILES string of the molecule is COc1ccc(CNCCc2ccccn2)cc1F. The molecule has 0 radical (unpaired) electrons. The molecule has 1 aromatic heterocycles. The molecule has 0 aliphatic rings.